The summed E-state index contributed by atoms with van der Waals surface area (Å²) in [6.45, 7) is 3.76. The number of rotatable bonds is 6. The van der Waals surface area contributed by atoms with Crippen LogP contribution in [0.25, 0.3) is 0 Å². The van der Waals surface area contributed by atoms with E-state index in [-0.39, 0.29) is 22.7 Å². The van der Waals surface area contributed by atoms with Gasteiger partial charge in [0.05, 0.1) is 35.7 Å². The smallest absolute Gasteiger partial charge is 0.403 e. The molecule has 2 aromatic rings. The monoisotopic (exact) mass is 527 g/mol. The van der Waals surface area contributed by atoms with Crippen molar-refractivity contribution in [2.75, 3.05) is 18.2 Å². The molecule has 3 atom stereocenters. The van der Waals surface area contributed by atoms with Crippen molar-refractivity contribution < 1.29 is 39.9 Å². The summed E-state index contributed by atoms with van der Waals surface area (Å²) in [5, 5.41) is 4.90. The second kappa shape index (κ2) is 9.02. The number of carbonyl (C=O) groups excluding carboxylic acids is 1. The molecule has 1 aromatic heterocycles. The molecule has 1 saturated heterocycles. The van der Waals surface area contributed by atoms with E-state index in [1.165, 1.54) is 13.8 Å². The minimum absolute atomic E-state index is 0.000705. The van der Waals surface area contributed by atoms with Gasteiger partial charge in [-0.2, -0.15) is 26.7 Å². The molecule has 1 N–H and O–H groups in total. The van der Waals surface area contributed by atoms with E-state index in [1.54, 1.807) is 0 Å². The SMILES string of the molecule is CCS(=O)(=O)n1cc(NC(=O)[C@@H]2S[C@@](C)(C(F)(F)F)C[C@H]2c2ccc(F)c(F)c2OC)c(C)n1. The first-order chi connectivity index (χ1) is 15.6. The average molecular weight is 528 g/mol. The third kappa shape index (κ3) is 4.61. The standard InChI is InChI=1S/C20H22F5N3O4S2/c1-5-34(30,31)28-9-14(10(2)27-28)26-18(29)17-12(8-19(3,33-17)20(23,24)25)11-6-7-13(21)15(22)16(11)32-4/h6-7,9,12,17H,5,8H2,1-4H3,(H,26,29)/t12-,17+,19+/m0/s1. The van der Waals surface area contributed by atoms with Gasteiger partial charge < -0.3 is 10.1 Å². The number of nitrogens with zero attached hydrogens (tertiary/aromatic N) is 2. The predicted octanol–water partition coefficient (Wildman–Crippen LogP) is 4.22. The molecular formula is C20H22F5N3O4S2. The van der Waals surface area contributed by atoms with Crippen LogP contribution in [-0.4, -0.2) is 52.5 Å². The predicted molar refractivity (Wildman–Crippen MR) is 117 cm³/mol. The molecule has 0 aliphatic carbocycles. The van der Waals surface area contributed by atoms with Gasteiger partial charge in [-0.15, -0.1) is 11.8 Å². The molecule has 0 spiro atoms. The molecule has 0 radical (unpaired) electrons. The molecule has 0 unspecified atom stereocenters. The Morgan fingerprint density at radius 1 is 1.35 bits per heavy atom. The molecule has 1 amide bonds. The number of amides is 1. The van der Waals surface area contributed by atoms with Crippen molar-refractivity contribution in [3.63, 3.8) is 0 Å². The Labute approximate surface area is 197 Å². The minimum Gasteiger partial charge on any atom is -0.493 e. The molecule has 14 heteroatoms. The lowest BCUT2D eigenvalue weighted by atomic mass is 9.85. The van der Waals surface area contributed by atoms with Crippen LogP contribution in [0.5, 0.6) is 5.75 Å². The lowest BCUT2D eigenvalue weighted by molar-refractivity contribution is -0.155. The second-order valence-corrected chi connectivity index (χ2v) is 11.7. The lowest BCUT2D eigenvalue weighted by Crippen LogP contribution is -2.37. The Bertz CT molecular complexity index is 1220. The topological polar surface area (TPSA) is 90.3 Å². The van der Waals surface area contributed by atoms with Gasteiger partial charge in [0.15, 0.2) is 11.6 Å². The number of nitrogens with one attached hydrogen (secondary N) is 1. The van der Waals surface area contributed by atoms with Crippen molar-refractivity contribution >= 4 is 33.4 Å². The highest BCUT2D eigenvalue weighted by atomic mass is 32.2. The fourth-order valence-electron chi connectivity index (χ4n) is 3.71. The van der Waals surface area contributed by atoms with Crippen molar-refractivity contribution in [1.29, 1.82) is 0 Å². The highest BCUT2D eigenvalue weighted by Gasteiger charge is 2.61. The molecule has 188 valence electrons. The van der Waals surface area contributed by atoms with E-state index >= 15 is 0 Å². The molecule has 34 heavy (non-hydrogen) atoms. The zero-order chi connectivity index (χ0) is 25.6. The maximum atomic E-state index is 14.3. The summed E-state index contributed by atoms with van der Waals surface area (Å²) in [5.41, 5.74) is 0.0520. The lowest BCUT2D eigenvalue weighted by Gasteiger charge is -2.26. The van der Waals surface area contributed by atoms with E-state index < -0.39 is 61.8 Å². The molecule has 1 fully saturated rings. The summed E-state index contributed by atoms with van der Waals surface area (Å²) in [7, 11) is -2.71. The molecular weight excluding hydrogens is 505 g/mol. The van der Waals surface area contributed by atoms with E-state index in [9.17, 15) is 35.2 Å². The number of carbonyl (C=O) groups is 1. The van der Waals surface area contributed by atoms with E-state index in [0.717, 1.165) is 32.4 Å². The molecule has 0 bridgehead atoms. The van der Waals surface area contributed by atoms with Gasteiger partial charge in [0, 0.05) is 11.5 Å². The number of benzene rings is 1. The normalized spacial score (nSPS) is 23.2. The number of alkyl halides is 3. The fraction of sp³-hybridized carbons (Fsp3) is 0.500. The van der Waals surface area contributed by atoms with Crippen molar-refractivity contribution in [3.05, 3.63) is 41.2 Å². The highest BCUT2D eigenvalue weighted by Crippen LogP contribution is 2.59. The van der Waals surface area contributed by atoms with E-state index in [0.29, 0.717) is 15.8 Å². The number of halogens is 5. The summed E-state index contributed by atoms with van der Waals surface area (Å²) in [6.07, 6.45) is -4.24. The first-order valence-corrected chi connectivity index (χ1v) is 12.5. The summed E-state index contributed by atoms with van der Waals surface area (Å²) in [5.74, 6) is -5.50. The Morgan fingerprint density at radius 2 is 2.00 bits per heavy atom. The Balaban J connectivity index is 2.02. The van der Waals surface area contributed by atoms with Crippen molar-refractivity contribution in [1.82, 2.24) is 9.19 Å². The zero-order valence-corrected chi connectivity index (χ0v) is 20.2. The van der Waals surface area contributed by atoms with Crippen LogP contribution in [0.15, 0.2) is 18.3 Å². The maximum Gasteiger partial charge on any atom is 0.403 e. The number of thioether (sulfide) groups is 1. The Hall–Kier alpha value is -2.35. The number of aryl methyl sites for hydroxylation is 1. The molecule has 1 aromatic carbocycles. The minimum atomic E-state index is -4.70. The number of aromatic nitrogens is 2. The van der Waals surface area contributed by atoms with Crippen LogP contribution in [0.4, 0.5) is 27.6 Å². The van der Waals surface area contributed by atoms with Crippen LogP contribution in [0.1, 0.15) is 37.4 Å². The van der Waals surface area contributed by atoms with E-state index in [4.69, 9.17) is 4.74 Å². The molecule has 0 saturated carbocycles. The largest absolute Gasteiger partial charge is 0.493 e. The number of hydrogen-bond acceptors (Lipinski definition) is 6. The van der Waals surface area contributed by atoms with Crippen molar-refractivity contribution in [2.24, 2.45) is 0 Å². The van der Waals surface area contributed by atoms with Crippen LogP contribution < -0.4 is 10.1 Å². The fourth-order valence-corrected chi connectivity index (χ4v) is 6.03. The summed E-state index contributed by atoms with van der Waals surface area (Å²) in [4.78, 5) is 13.2. The first kappa shape index (κ1) is 26.3. The number of hydrogen-bond donors (Lipinski definition) is 1. The molecule has 2 heterocycles. The molecule has 1 aliphatic heterocycles. The Kier molecular flexibility index (Phi) is 6.97. The quantitative estimate of drug-likeness (QED) is 0.566. The third-order valence-electron chi connectivity index (χ3n) is 5.69. The molecule has 3 rings (SSSR count). The van der Waals surface area contributed by atoms with Gasteiger partial charge in [-0.1, -0.05) is 6.07 Å². The molecule has 7 nitrogen and oxygen atoms in total. The van der Waals surface area contributed by atoms with Gasteiger partial charge in [-0.25, -0.2) is 12.8 Å². The molecule has 1 aliphatic rings. The van der Waals surface area contributed by atoms with Gasteiger partial charge in [0.1, 0.15) is 4.75 Å². The zero-order valence-electron chi connectivity index (χ0n) is 18.5. The second-order valence-electron chi connectivity index (χ2n) is 7.95. The number of anilines is 1. The van der Waals surface area contributed by atoms with Crippen LogP contribution in [-0.2, 0) is 14.8 Å². The van der Waals surface area contributed by atoms with Gasteiger partial charge in [-0.05, 0) is 33.3 Å². The summed E-state index contributed by atoms with van der Waals surface area (Å²) >= 11 is 0.348. The third-order valence-corrected chi connectivity index (χ3v) is 8.89. The van der Waals surface area contributed by atoms with Gasteiger partial charge in [0.2, 0.25) is 11.7 Å². The van der Waals surface area contributed by atoms with Crippen LogP contribution >= 0.6 is 11.8 Å². The first-order valence-electron chi connectivity index (χ1n) is 10.0. The van der Waals surface area contributed by atoms with Crippen LogP contribution in [0.3, 0.4) is 0 Å². The van der Waals surface area contributed by atoms with Crippen molar-refractivity contribution in [3.8, 4) is 5.75 Å². The average Bonchev–Trinajstić information content (AvgIpc) is 3.31. The maximum absolute atomic E-state index is 14.3. The van der Waals surface area contributed by atoms with Crippen molar-refractivity contribution in [2.45, 2.75) is 49.3 Å². The number of ether oxygens (including phenoxy) is 1. The highest BCUT2D eigenvalue weighted by molar-refractivity contribution is 8.02. The summed E-state index contributed by atoms with van der Waals surface area (Å²) in [6, 6.07) is 1.86. The summed E-state index contributed by atoms with van der Waals surface area (Å²) < 4.78 is 97.0. The van der Waals surface area contributed by atoms with Crippen LogP contribution in [0.2, 0.25) is 0 Å². The van der Waals surface area contributed by atoms with E-state index in [1.807, 2.05) is 0 Å². The van der Waals surface area contributed by atoms with Gasteiger partial charge >= 0.3 is 6.18 Å². The van der Waals surface area contributed by atoms with E-state index in [2.05, 4.69) is 10.4 Å². The number of methoxy groups -OCH3 is 1. The van der Waals surface area contributed by atoms with Gasteiger partial charge in [-0.3, -0.25) is 4.79 Å². The van der Waals surface area contributed by atoms with Gasteiger partial charge in [0.25, 0.3) is 10.0 Å². The van der Waals surface area contributed by atoms with Crippen LogP contribution in [0, 0.1) is 18.6 Å². The Morgan fingerprint density at radius 3 is 2.56 bits per heavy atom.